The molecule has 0 radical (unpaired) electrons. The lowest BCUT2D eigenvalue weighted by Gasteiger charge is -2.16. The van der Waals surface area contributed by atoms with Gasteiger partial charge in [0, 0.05) is 29.9 Å². The Morgan fingerprint density at radius 2 is 1.86 bits per heavy atom. The van der Waals surface area contributed by atoms with E-state index in [2.05, 4.69) is 33.2 Å². The highest BCUT2D eigenvalue weighted by Gasteiger charge is 2.19. The Morgan fingerprint density at radius 3 is 2.54 bits per heavy atom. The van der Waals surface area contributed by atoms with Gasteiger partial charge < -0.3 is 15.0 Å². The largest absolute Gasteiger partial charge is 0.496 e. The molecule has 2 aromatic rings. The number of amides is 2. The predicted octanol–water partition coefficient (Wildman–Crippen LogP) is 3.66. The number of hydrogen-bond acceptors (Lipinski definition) is 4. The van der Waals surface area contributed by atoms with Crippen molar-refractivity contribution in [1.29, 1.82) is 0 Å². The highest BCUT2D eigenvalue weighted by molar-refractivity contribution is 14.1. The molecule has 1 aliphatic heterocycles. The molecule has 3 rings (SSSR count). The average molecular weight is 509 g/mol. The third kappa shape index (κ3) is 4.99. The second kappa shape index (κ2) is 9.33. The number of likely N-dealkylation sites (tertiary alicyclic amines) is 1. The summed E-state index contributed by atoms with van der Waals surface area (Å²) in [5, 5.41) is 5.79. The molecule has 2 aromatic carbocycles. The third-order valence-corrected chi connectivity index (χ3v) is 5.45. The van der Waals surface area contributed by atoms with Crippen molar-refractivity contribution in [3.63, 3.8) is 0 Å². The Balaban J connectivity index is 1.63. The summed E-state index contributed by atoms with van der Waals surface area (Å²) in [7, 11) is 1.58. The van der Waals surface area contributed by atoms with Gasteiger partial charge in [0.25, 0.3) is 11.8 Å². The highest BCUT2D eigenvalue weighted by atomic mass is 127. The lowest BCUT2D eigenvalue weighted by molar-refractivity contribution is 0.0792. The van der Waals surface area contributed by atoms with Crippen LogP contribution < -0.4 is 15.4 Å². The number of thiocarbonyl (C=S) groups is 1. The van der Waals surface area contributed by atoms with Crippen LogP contribution in [-0.2, 0) is 0 Å². The number of methoxy groups -OCH3 is 1. The van der Waals surface area contributed by atoms with Gasteiger partial charge in [-0.1, -0.05) is 6.07 Å². The molecule has 2 amide bonds. The summed E-state index contributed by atoms with van der Waals surface area (Å²) in [5.41, 5.74) is 1.73. The quantitative estimate of drug-likeness (QED) is 0.487. The van der Waals surface area contributed by atoms with Crippen LogP contribution in [0.4, 0.5) is 5.69 Å². The lowest BCUT2D eigenvalue weighted by atomic mass is 10.2. The second-order valence-electron chi connectivity index (χ2n) is 6.34. The van der Waals surface area contributed by atoms with Crippen molar-refractivity contribution < 1.29 is 14.3 Å². The van der Waals surface area contributed by atoms with E-state index in [1.54, 1.807) is 49.6 Å². The maximum atomic E-state index is 12.5. The number of rotatable bonds is 4. The van der Waals surface area contributed by atoms with Gasteiger partial charge in [-0.3, -0.25) is 14.9 Å². The van der Waals surface area contributed by atoms with E-state index in [9.17, 15) is 9.59 Å². The van der Waals surface area contributed by atoms with Crippen LogP contribution in [0.25, 0.3) is 0 Å². The molecule has 0 aromatic heterocycles. The minimum atomic E-state index is -0.317. The van der Waals surface area contributed by atoms with Gasteiger partial charge in [-0.25, -0.2) is 0 Å². The fourth-order valence-electron chi connectivity index (χ4n) is 2.98. The zero-order chi connectivity index (χ0) is 20.1. The fourth-order valence-corrected chi connectivity index (χ4v) is 3.92. The molecule has 0 atom stereocenters. The van der Waals surface area contributed by atoms with E-state index < -0.39 is 0 Å². The molecular formula is C20H20IN3O3S. The molecule has 0 aliphatic carbocycles. The minimum Gasteiger partial charge on any atom is -0.496 e. The van der Waals surface area contributed by atoms with Crippen molar-refractivity contribution >= 4 is 57.4 Å². The van der Waals surface area contributed by atoms with E-state index in [-0.39, 0.29) is 16.9 Å². The van der Waals surface area contributed by atoms with E-state index in [4.69, 9.17) is 17.0 Å². The first-order valence-electron chi connectivity index (χ1n) is 8.83. The van der Waals surface area contributed by atoms with E-state index in [1.807, 2.05) is 4.90 Å². The van der Waals surface area contributed by atoms with Gasteiger partial charge in [0.2, 0.25) is 0 Å². The standard InChI is InChI=1S/C20H20IN3O3S/c1-27-17-8-7-13(12-16(17)21)18(25)23-20(28)22-15-6-4-5-14(11-15)19(26)24-9-2-3-10-24/h4-8,11-12H,2-3,9-10H2,1H3,(H2,22,23,25,28). The summed E-state index contributed by atoms with van der Waals surface area (Å²) in [6, 6.07) is 12.3. The maximum Gasteiger partial charge on any atom is 0.257 e. The summed E-state index contributed by atoms with van der Waals surface area (Å²) < 4.78 is 6.03. The number of hydrogen-bond donors (Lipinski definition) is 2. The number of carbonyl (C=O) groups is 2. The molecule has 1 saturated heterocycles. The molecule has 1 fully saturated rings. The van der Waals surface area contributed by atoms with Gasteiger partial charge in [-0.2, -0.15) is 0 Å². The number of halogens is 1. The van der Waals surface area contributed by atoms with E-state index >= 15 is 0 Å². The number of nitrogens with one attached hydrogen (secondary N) is 2. The summed E-state index contributed by atoms with van der Waals surface area (Å²) in [5.74, 6) is 0.406. The molecule has 1 aliphatic rings. The number of nitrogens with zero attached hydrogens (tertiary/aromatic N) is 1. The molecule has 0 unspecified atom stereocenters. The molecule has 2 N–H and O–H groups in total. The van der Waals surface area contributed by atoms with Crippen LogP contribution in [0.2, 0.25) is 0 Å². The highest BCUT2D eigenvalue weighted by Crippen LogP contribution is 2.21. The van der Waals surface area contributed by atoms with Crippen LogP contribution in [0, 0.1) is 3.57 Å². The Labute approximate surface area is 182 Å². The van der Waals surface area contributed by atoms with E-state index in [1.165, 1.54) is 0 Å². The van der Waals surface area contributed by atoms with E-state index in [0.29, 0.717) is 22.6 Å². The number of benzene rings is 2. The molecule has 0 spiro atoms. The van der Waals surface area contributed by atoms with Crippen LogP contribution in [0.5, 0.6) is 5.75 Å². The van der Waals surface area contributed by atoms with Crippen LogP contribution in [0.1, 0.15) is 33.6 Å². The minimum absolute atomic E-state index is 0.0175. The molecule has 146 valence electrons. The second-order valence-corrected chi connectivity index (χ2v) is 7.91. The van der Waals surface area contributed by atoms with Gasteiger partial charge in [0.15, 0.2) is 5.11 Å². The Kier molecular flexibility index (Phi) is 6.84. The normalized spacial score (nSPS) is 13.1. The number of ether oxygens (including phenoxy) is 1. The predicted molar refractivity (Wildman–Crippen MR) is 121 cm³/mol. The maximum absolute atomic E-state index is 12.5. The van der Waals surface area contributed by atoms with Crippen molar-refractivity contribution in [2.75, 3.05) is 25.5 Å². The lowest BCUT2D eigenvalue weighted by Crippen LogP contribution is -2.34. The Hall–Kier alpha value is -2.20. The van der Waals surface area contributed by atoms with Gasteiger partial charge in [0.05, 0.1) is 10.7 Å². The fraction of sp³-hybridized carbons (Fsp3) is 0.250. The first-order chi connectivity index (χ1) is 13.5. The van der Waals surface area contributed by atoms with Gasteiger partial charge >= 0.3 is 0 Å². The molecule has 1 heterocycles. The van der Waals surface area contributed by atoms with Gasteiger partial charge in [0.1, 0.15) is 5.75 Å². The van der Waals surface area contributed by atoms with Crippen LogP contribution >= 0.6 is 34.8 Å². The number of carbonyl (C=O) groups excluding carboxylic acids is 2. The molecule has 28 heavy (non-hydrogen) atoms. The molecular weight excluding hydrogens is 489 g/mol. The first kappa shape index (κ1) is 20.5. The van der Waals surface area contributed by atoms with Crippen molar-refractivity contribution in [2.24, 2.45) is 0 Å². The molecule has 0 saturated carbocycles. The van der Waals surface area contributed by atoms with Crippen LogP contribution in [0.3, 0.4) is 0 Å². The molecule has 0 bridgehead atoms. The van der Waals surface area contributed by atoms with Crippen molar-refractivity contribution in [1.82, 2.24) is 10.2 Å². The monoisotopic (exact) mass is 509 g/mol. The third-order valence-electron chi connectivity index (χ3n) is 4.40. The topological polar surface area (TPSA) is 70.7 Å². The first-order valence-corrected chi connectivity index (χ1v) is 10.3. The average Bonchev–Trinajstić information content (AvgIpc) is 3.22. The van der Waals surface area contributed by atoms with Gasteiger partial charge in [-0.05, 0) is 84.0 Å². The summed E-state index contributed by atoms with van der Waals surface area (Å²) in [6.07, 6.45) is 2.09. The smallest absolute Gasteiger partial charge is 0.257 e. The summed E-state index contributed by atoms with van der Waals surface area (Å²) in [4.78, 5) is 26.8. The van der Waals surface area contributed by atoms with Gasteiger partial charge in [-0.15, -0.1) is 0 Å². The SMILES string of the molecule is COc1ccc(C(=O)NC(=S)Nc2cccc(C(=O)N3CCCC3)c2)cc1I. The summed E-state index contributed by atoms with van der Waals surface area (Å²) in [6.45, 7) is 1.59. The van der Waals surface area contributed by atoms with Crippen molar-refractivity contribution in [3.05, 3.63) is 57.2 Å². The van der Waals surface area contributed by atoms with Crippen LogP contribution in [-0.4, -0.2) is 42.0 Å². The van der Waals surface area contributed by atoms with Crippen molar-refractivity contribution in [3.8, 4) is 5.75 Å². The zero-order valence-corrected chi connectivity index (χ0v) is 18.3. The Morgan fingerprint density at radius 1 is 1.11 bits per heavy atom. The van der Waals surface area contributed by atoms with Crippen molar-refractivity contribution in [2.45, 2.75) is 12.8 Å². The zero-order valence-electron chi connectivity index (χ0n) is 15.3. The summed E-state index contributed by atoms with van der Waals surface area (Å²) >= 11 is 7.35. The van der Waals surface area contributed by atoms with E-state index in [0.717, 1.165) is 29.5 Å². The Bertz CT molecular complexity index is 913. The number of anilines is 1. The van der Waals surface area contributed by atoms with Crippen LogP contribution in [0.15, 0.2) is 42.5 Å². The molecule has 6 nitrogen and oxygen atoms in total. The molecule has 8 heteroatoms.